The monoisotopic (exact) mass is 205 g/mol. The summed E-state index contributed by atoms with van der Waals surface area (Å²) in [5, 5.41) is 11.0. The zero-order chi connectivity index (χ0) is 11.1. The minimum absolute atomic E-state index is 0.145. The normalized spacial score (nSPS) is 15.5. The van der Waals surface area contributed by atoms with E-state index in [2.05, 4.69) is 0 Å². The number of nitrogens with two attached hydrogens (primary N) is 1. The summed E-state index contributed by atoms with van der Waals surface area (Å²) in [5.41, 5.74) is 6.28. The molecule has 0 aliphatic rings. The van der Waals surface area contributed by atoms with Gasteiger partial charge in [0.2, 0.25) is 0 Å². The van der Waals surface area contributed by atoms with Gasteiger partial charge in [-0.1, -0.05) is 18.2 Å². The van der Waals surface area contributed by atoms with Crippen LogP contribution in [0.1, 0.15) is 18.2 Å². The first-order chi connectivity index (χ1) is 7.04. The smallest absolute Gasteiger partial charge is 0.137 e. The van der Waals surface area contributed by atoms with Crippen molar-refractivity contribution in [2.24, 2.45) is 5.73 Å². The van der Waals surface area contributed by atoms with Crippen molar-refractivity contribution in [2.45, 2.75) is 19.4 Å². The fraction of sp³-hybridized carbons (Fsp3) is 0.333. The van der Waals surface area contributed by atoms with E-state index in [0.717, 1.165) is 16.5 Å². The summed E-state index contributed by atoms with van der Waals surface area (Å²) in [6.07, 6.45) is 0. The van der Waals surface area contributed by atoms with E-state index in [1.54, 1.807) is 6.92 Å². The number of aryl methyl sites for hydroxylation is 1. The van der Waals surface area contributed by atoms with Crippen molar-refractivity contribution < 1.29 is 9.52 Å². The Labute approximate surface area is 88.5 Å². The van der Waals surface area contributed by atoms with Gasteiger partial charge in [0.1, 0.15) is 16.9 Å². The number of para-hydroxylation sites is 1. The molecule has 0 aliphatic heterocycles. The van der Waals surface area contributed by atoms with Gasteiger partial charge in [-0.05, 0) is 25.5 Å². The molecule has 1 heterocycles. The Balaban J connectivity index is 2.62. The first kappa shape index (κ1) is 10.2. The third-order valence-corrected chi connectivity index (χ3v) is 2.67. The third-order valence-electron chi connectivity index (χ3n) is 2.67. The largest absolute Gasteiger partial charge is 0.458 e. The van der Waals surface area contributed by atoms with Crippen LogP contribution in [-0.4, -0.2) is 11.7 Å². The topological polar surface area (TPSA) is 59.4 Å². The van der Waals surface area contributed by atoms with Gasteiger partial charge in [-0.15, -0.1) is 0 Å². The quantitative estimate of drug-likeness (QED) is 0.787. The lowest BCUT2D eigenvalue weighted by atomic mass is 10.0. The van der Waals surface area contributed by atoms with Crippen LogP contribution >= 0.6 is 0 Å². The summed E-state index contributed by atoms with van der Waals surface area (Å²) in [6.45, 7) is 3.78. The van der Waals surface area contributed by atoms with E-state index in [9.17, 15) is 5.11 Å². The molecule has 1 atom stereocenters. The number of furan rings is 1. The summed E-state index contributed by atoms with van der Waals surface area (Å²) in [4.78, 5) is 0. The van der Waals surface area contributed by atoms with Crippen LogP contribution in [0.4, 0.5) is 0 Å². The van der Waals surface area contributed by atoms with Crippen molar-refractivity contribution in [3.8, 4) is 0 Å². The lowest BCUT2D eigenvalue weighted by molar-refractivity contribution is 0.0449. The maximum atomic E-state index is 9.97. The van der Waals surface area contributed by atoms with Crippen molar-refractivity contribution in [2.75, 3.05) is 6.54 Å². The van der Waals surface area contributed by atoms with E-state index in [4.69, 9.17) is 10.2 Å². The highest BCUT2D eigenvalue weighted by Crippen LogP contribution is 2.28. The Hall–Kier alpha value is -1.32. The van der Waals surface area contributed by atoms with Crippen LogP contribution in [0, 0.1) is 6.92 Å². The molecule has 0 amide bonds. The standard InChI is InChI=1S/C12H15NO2/c1-8-4-3-5-9-6-10(15-11(8)9)12(2,14)7-13/h3-6,14H,7,13H2,1-2H3. The van der Waals surface area contributed by atoms with E-state index in [0.29, 0.717) is 5.76 Å². The van der Waals surface area contributed by atoms with Crippen molar-refractivity contribution in [3.63, 3.8) is 0 Å². The number of aliphatic hydroxyl groups is 1. The van der Waals surface area contributed by atoms with Gasteiger partial charge in [-0.3, -0.25) is 0 Å². The Morgan fingerprint density at radius 2 is 2.20 bits per heavy atom. The minimum Gasteiger partial charge on any atom is -0.458 e. The fourth-order valence-electron chi connectivity index (χ4n) is 1.57. The molecule has 1 aromatic carbocycles. The van der Waals surface area contributed by atoms with Crippen LogP contribution < -0.4 is 5.73 Å². The average Bonchev–Trinajstić information content (AvgIpc) is 2.64. The molecule has 0 aliphatic carbocycles. The highest BCUT2D eigenvalue weighted by molar-refractivity contribution is 5.81. The number of rotatable bonds is 2. The Bertz CT molecular complexity index is 485. The first-order valence-electron chi connectivity index (χ1n) is 4.97. The third kappa shape index (κ3) is 1.64. The molecule has 1 unspecified atom stereocenters. The molecule has 0 saturated carbocycles. The number of benzene rings is 1. The molecule has 3 heteroatoms. The maximum absolute atomic E-state index is 9.97. The van der Waals surface area contributed by atoms with Gasteiger partial charge in [0, 0.05) is 11.9 Å². The highest BCUT2D eigenvalue weighted by Gasteiger charge is 2.25. The van der Waals surface area contributed by atoms with Gasteiger partial charge in [0.05, 0.1) is 0 Å². The fourth-order valence-corrected chi connectivity index (χ4v) is 1.57. The first-order valence-corrected chi connectivity index (χ1v) is 4.97. The zero-order valence-electron chi connectivity index (χ0n) is 8.95. The van der Waals surface area contributed by atoms with Crippen LogP contribution in [-0.2, 0) is 5.60 Å². The SMILES string of the molecule is Cc1cccc2cc(C(C)(O)CN)oc12. The van der Waals surface area contributed by atoms with Gasteiger partial charge in [0.25, 0.3) is 0 Å². The van der Waals surface area contributed by atoms with Crippen molar-refractivity contribution >= 4 is 11.0 Å². The highest BCUT2D eigenvalue weighted by atomic mass is 16.4. The van der Waals surface area contributed by atoms with E-state index < -0.39 is 5.60 Å². The molecular formula is C12H15NO2. The Morgan fingerprint density at radius 3 is 2.80 bits per heavy atom. The average molecular weight is 205 g/mol. The van der Waals surface area contributed by atoms with E-state index in [1.165, 1.54) is 0 Å². The van der Waals surface area contributed by atoms with E-state index in [-0.39, 0.29) is 6.54 Å². The summed E-state index contributed by atoms with van der Waals surface area (Å²) < 4.78 is 5.62. The van der Waals surface area contributed by atoms with Crippen LogP contribution in [0.2, 0.25) is 0 Å². The molecule has 0 radical (unpaired) electrons. The molecule has 0 bridgehead atoms. The number of hydrogen-bond donors (Lipinski definition) is 2. The van der Waals surface area contributed by atoms with Crippen LogP contribution in [0.3, 0.4) is 0 Å². The molecule has 3 N–H and O–H groups in total. The predicted molar refractivity (Wildman–Crippen MR) is 59.6 cm³/mol. The Kier molecular flexibility index (Phi) is 2.29. The van der Waals surface area contributed by atoms with Crippen molar-refractivity contribution in [3.05, 3.63) is 35.6 Å². The predicted octanol–water partition coefficient (Wildman–Crippen LogP) is 1.91. The van der Waals surface area contributed by atoms with Crippen LogP contribution in [0.15, 0.2) is 28.7 Å². The van der Waals surface area contributed by atoms with Crippen LogP contribution in [0.5, 0.6) is 0 Å². The number of hydrogen-bond acceptors (Lipinski definition) is 3. The van der Waals surface area contributed by atoms with Gasteiger partial charge >= 0.3 is 0 Å². The summed E-state index contributed by atoms with van der Waals surface area (Å²) >= 11 is 0. The second-order valence-electron chi connectivity index (χ2n) is 4.08. The molecule has 2 aromatic rings. The second kappa shape index (κ2) is 3.36. The number of fused-ring (bicyclic) bond motifs is 1. The van der Waals surface area contributed by atoms with Gasteiger partial charge in [-0.2, -0.15) is 0 Å². The maximum Gasteiger partial charge on any atom is 0.137 e. The van der Waals surface area contributed by atoms with Crippen LogP contribution in [0.25, 0.3) is 11.0 Å². The molecule has 0 spiro atoms. The Morgan fingerprint density at radius 1 is 1.47 bits per heavy atom. The van der Waals surface area contributed by atoms with E-state index in [1.807, 2.05) is 31.2 Å². The van der Waals surface area contributed by atoms with Gasteiger partial charge in [0.15, 0.2) is 0 Å². The van der Waals surface area contributed by atoms with E-state index >= 15 is 0 Å². The summed E-state index contributed by atoms with van der Waals surface area (Å²) in [5.74, 6) is 0.523. The molecule has 0 saturated heterocycles. The summed E-state index contributed by atoms with van der Waals surface area (Å²) in [7, 11) is 0. The molecule has 0 fully saturated rings. The molecule has 80 valence electrons. The van der Waals surface area contributed by atoms with Gasteiger partial charge in [-0.25, -0.2) is 0 Å². The lowest BCUT2D eigenvalue weighted by Crippen LogP contribution is -2.30. The zero-order valence-corrected chi connectivity index (χ0v) is 8.95. The molecule has 3 nitrogen and oxygen atoms in total. The van der Waals surface area contributed by atoms with Gasteiger partial charge < -0.3 is 15.3 Å². The molecule has 1 aromatic heterocycles. The van der Waals surface area contributed by atoms with Crippen molar-refractivity contribution in [1.29, 1.82) is 0 Å². The van der Waals surface area contributed by atoms with Crippen molar-refractivity contribution in [1.82, 2.24) is 0 Å². The molecule has 2 rings (SSSR count). The molecular weight excluding hydrogens is 190 g/mol. The molecule has 15 heavy (non-hydrogen) atoms. The second-order valence-corrected chi connectivity index (χ2v) is 4.08. The summed E-state index contributed by atoms with van der Waals surface area (Å²) in [6, 6.07) is 7.75. The lowest BCUT2D eigenvalue weighted by Gasteiger charge is -2.17. The minimum atomic E-state index is -1.09.